The minimum atomic E-state index is -4.07. The van der Waals surface area contributed by atoms with Crippen LogP contribution in [0.1, 0.15) is 16.2 Å². The average molecular weight is 225 g/mol. The van der Waals surface area contributed by atoms with Crippen LogP contribution in [0.15, 0.2) is 4.90 Å². The van der Waals surface area contributed by atoms with E-state index in [2.05, 4.69) is 10.2 Å². The van der Waals surface area contributed by atoms with Crippen LogP contribution in [-0.4, -0.2) is 29.7 Å². The summed E-state index contributed by atoms with van der Waals surface area (Å²) in [5.74, 6) is -1.44. The first-order valence-electron chi connectivity index (χ1n) is 3.07. The molecule has 0 fully saturated rings. The van der Waals surface area contributed by atoms with Crippen LogP contribution in [0.5, 0.6) is 0 Å². The predicted octanol–water partition coefficient (Wildman–Crippen LogP) is 0.344. The van der Waals surface area contributed by atoms with Crippen LogP contribution in [-0.2, 0) is 9.05 Å². The maximum absolute atomic E-state index is 10.9. The molecule has 1 aromatic heterocycles. The Labute approximate surface area is 77.9 Å². The van der Waals surface area contributed by atoms with E-state index >= 15 is 0 Å². The summed E-state index contributed by atoms with van der Waals surface area (Å²) >= 11 is 0. The molecule has 1 heterocycles. The van der Waals surface area contributed by atoms with Crippen molar-refractivity contribution >= 4 is 25.7 Å². The van der Waals surface area contributed by atoms with Gasteiger partial charge in [0.1, 0.15) is 4.90 Å². The van der Waals surface area contributed by atoms with Gasteiger partial charge in [0.2, 0.25) is 0 Å². The molecule has 6 nitrogen and oxygen atoms in total. The Morgan fingerprint density at radius 1 is 1.62 bits per heavy atom. The quantitative estimate of drug-likeness (QED) is 0.706. The molecule has 0 aliphatic heterocycles. The number of carboxylic acid groups (broad SMARTS) is 1. The maximum Gasteiger partial charge on any atom is 0.357 e. The van der Waals surface area contributed by atoms with Crippen LogP contribution < -0.4 is 0 Å². The zero-order valence-electron chi connectivity index (χ0n) is 6.41. The molecule has 1 aromatic rings. The molecule has 0 aliphatic rings. The van der Waals surface area contributed by atoms with Gasteiger partial charge >= 0.3 is 5.97 Å². The fourth-order valence-corrected chi connectivity index (χ4v) is 2.20. The van der Waals surface area contributed by atoms with Gasteiger partial charge < -0.3 is 5.11 Å². The van der Waals surface area contributed by atoms with Gasteiger partial charge in [-0.15, -0.1) is 0 Å². The van der Waals surface area contributed by atoms with E-state index in [0.29, 0.717) is 0 Å². The van der Waals surface area contributed by atoms with Gasteiger partial charge in [-0.1, -0.05) is 0 Å². The highest BCUT2D eigenvalue weighted by atomic mass is 35.7. The predicted molar refractivity (Wildman–Crippen MR) is 43.3 cm³/mol. The summed E-state index contributed by atoms with van der Waals surface area (Å²) in [4.78, 5) is 9.99. The van der Waals surface area contributed by atoms with Crippen molar-refractivity contribution in [3.63, 3.8) is 0 Å². The third-order valence-corrected chi connectivity index (χ3v) is 2.79. The van der Waals surface area contributed by atoms with Gasteiger partial charge in [0.25, 0.3) is 9.05 Å². The molecule has 0 atom stereocenters. The first kappa shape index (κ1) is 10.0. The molecule has 0 radical (unpaired) electrons. The highest BCUT2D eigenvalue weighted by molar-refractivity contribution is 8.13. The van der Waals surface area contributed by atoms with E-state index in [-0.39, 0.29) is 5.69 Å². The second kappa shape index (κ2) is 3.00. The number of nitrogens with one attached hydrogen (secondary N) is 1. The minimum absolute atomic E-state index is 0.104. The molecule has 0 unspecified atom stereocenters. The van der Waals surface area contributed by atoms with Gasteiger partial charge in [0.15, 0.2) is 5.69 Å². The minimum Gasteiger partial charge on any atom is -0.476 e. The molecular formula is C5H5ClN2O4S. The SMILES string of the molecule is Cc1[nH]nc(C(=O)O)c1S(=O)(=O)Cl. The molecule has 2 N–H and O–H groups in total. The molecule has 13 heavy (non-hydrogen) atoms. The lowest BCUT2D eigenvalue weighted by atomic mass is 10.4. The first-order valence-corrected chi connectivity index (χ1v) is 5.38. The Morgan fingerprint density at radius 2 is 2.15 bits per heavy atom. The molecule has 8 heteroatoms. The van der Waals surface area contributed by atoms with E-state index in [0.717, 1.165) is 0 Å². The normalized spacial score (nSPS) is 11.5. The van der Waals surface area contributed by atoms with Gasteiger partial charge in [-0.25, -0.2) is 13.2 Å². The number of carbonyl (C=O) groups is 1. The van der Waals surface area contributed by atoms with Crippen LogP contribution in [0.25, 0.3) is 0 Å². The standard InChI is InChI=1S/C5H5ClN2O4S/c1-2-4(13(6,11)12)3(5(9)10)8-7-2/h1H3,(H,7,8)(H,9,10). The average Bonchev–Trinajstić information content (AvgIpc) is 2.28. The van der Waals surface area contributed by atoms with Gasteiger partial charge in [0, 0.05) is 10.7 Å². The van der Waals surface area contributed by atoms with Crippen molar-refractivity contribution < 1.29 is 18.3 Å². The second-order valence-corrected chi connectivity index (χ2v) is 4.77. The summed E-state index contributed by atoms with van der Waals surface area (Å²) in [7, 11) is 0.935. The number of aromatic carboxylic acids is 1. The highest BCUT2D eigenvalue weighted by Gasteiger charge is 2.26. The summed E-state index contributed by atoms with van der Waals surface area (Å²) < 4.78 is 21.8. The first-order chi connectivity index (χ1) is 5.84. The Bertz CT molecular complexity index is 449. The van der Waals surface area contributed by atoms with Crippen molar-refractivity contribution in [2.75, 3.05) is 0 Å². The molecule has 0 aliphatic carbocycles. The number of hydrogen-bond donors (Lipinski definition) is 2. The molecule has 0 spiro atoms. The fraction of sp³-hybridized carbons (Fsp3) is 0.200. The number of hydrogen-bond acceptors (Lipinski definition) is 4. The van der Waals surface area contributed by atoms with Gasteiger partial charge in [-0.05, 0) is 6.92 Å². The van der Waals surface area contributed by atoms with Gasteiger partial charge in [-0.3, -0.25) is 5.10 Å². The van der Waals surface area contributed by atoms with E-state index in [1.807, 2.05) is 0 Å². The van der Waals surface area contributed by atoms with Crippen LogP contribution in [0.2, 0.25) is 0 Å². The fourth-order valence-electron chi connectivity index (χ4n) is 0.862. The molecule has 72 valence electrons. The van der Waals surface area contributed by atoms with Gasteiger partial charge in [-0.2, -0.15) is 5.10 Å². The van der Waals surface area contributed by atoms with E-state index in [1.54, 1.807) is 0 Å². The van der Waals surface area contributed by atoms with Crippen LogP contribution in [0.3, 0.4) is 0 Å². The molecule has 0 amide bonds. The maximum atomic E-state index is 10.9. The van der Waals surface area contributed by atoms with E-state index in [9.17, 15) is 13.2 Å². The number of nitrogens with zero attached hydrogens (tertiary/aromatic N) is 1. The van der Waals surface area contributed by atoms with Crippen molar-refractivity contribution in [1.29, 1.82) is 0 Å². The highest BCUT2D eigenvalue weighted by Crippen LogP contribution is 2.21. The van der Waals surface area contributed by atoms with Crippen molar-refractivity contribution in [2.24, 2.45) is 0 Å². The number of halogens is 1. The molecule has 0 saturated heterocycles. The monoisotopic (exact) mass is 224 g/mol. The van der Waals surface area contributed by atoms with Crippen molar-refractivity contribution in [1.82, 2.24) is 10.2 Å². The summed E-state index contributed by atoms with van der Waals surface area (Å²) in [6.07, 6.45) is 0. The summed E-state index contributed by atoms with van der Waals surface area (Å²) in [6, 6.07) is 0. The smallest absolute Gasteiger partial charge is 0.357 e. The lowest BCUT2D eigenvalue weighted by Gasteiger charge is -1.93. The van der Waals surface area contributed by atoms with Crippen molar-refractivity contribution in [3.05, 3.63) is 11.4 Å². The zero-order chi connectivity index (χ0) is 10.2. The number of H-pyrrole nitrogens is 1. The topological polar surface area (TPSA) is 100 Å². The van der Waals surface area contributed by atoms with E-state index in [1.165, 1.54) is 6.92 Å². The number of aromatic nitrogens is 2. The van der Waals surface area contributed by atoms with E-state index < -0.39 is 25.6 Å². The molecule has 0 saturated carbocycles. The largest absolute Gasteiger partial charge is 0.476 e. The Kier molecular flexibility index (Phi) is 2.31. The Hall–Kier alpha value is -1.08. The van der Waals surface area contributed by atoms with Crippen LogP contribution in [0.4, 0.5) is 0 Å². The molecule has 0 aromatic carbocycles. The third-order valence-electron chi connectivity index (χ3n) is 1.34. The summed E-state index contributed by atoms with van der Waals surface area (Å²) in [6.45, 7) is 1.37. The molecular weight excluding hydrogens is 220 g/mol. The number of rotatable bonds is 2. The Morgan fingerprint density at radius 3 is 2.46 bits per heavy atom. The summed E-state index contributed by atoms with van der Waals surface area (Å²) in [5.41, 5.74) is -0.486. The summed E-state index contributed by atoms with van der Waals surface area (Å²) in [5, 5.41) is 14.1. The number of aryl methyl sites for hydroxylation is 1. The second-order valence-electron chi connectivity index (χ2n) is 2.27. The van der Waals surface area contributed by atoms with Crippen LogP contribution in [0, 0.1) is 6.92 Å². The van der Waals surface area contributed by atoms with Gasteiger partial charge in [0.05, 0.1) is 5.69 Å². The zero-order valence-corrected chi connectivity index (χ0v) is 7.98. The lowest BCUT2D eigenvalue weighted by molar-refractivity contribution is 0.0686. The number of carboxylic acids is 1. The van der Waals surface area contributed by atoms with E-state index in [4.69, 9.17) is 15.8 Å². The van der Waals surface area contributed by atoms with Crippen molar-refractivity contribution in [2.45, 2.75) is 11.8 Å². The Balaban J connectivity index is 3.51. The lowest BCUT2D eigenvalue weighted by Crippen LogP contribution is -2.04. The third kappa shape index (κ3) is 1.81. The molecule has 0 bridgehead atoms. The molecule has 1 rings (SSSR count). The number of aromatic amines is 1. The van der Waals surface area contributed by atoms with Crippen molar-refractivity contribution in [3.8, 4) is 0 Å². The van der Waals surface area contributed by atoms with Crippen LogP contribution >= 0.6 is 10.7 Å².